The fourth-order valence-corrected chi connectivity index (χ4v) is 6.35. The SMILES string of the molecule is CC(C)C[C@H](NC(=O)[C@@H](NC(=O)[C@H](Cc1ccc(O)cc1)NC(=O)[C@@H]1CCCN1C(=O)[C@H](CCCN=C(N)N)NC(=O)CCCCN=C(N)N)C(C)(C)C)C(=O)O.O=C(O)C(F)(F)F. The third-order valence-electron chi connectivity index (χ3n) is 9.51. The minimum Gasteiger partial charge on any atom is -0.508 e. The van der Waals surface area contributed by atoms with E-state index in [1.54, 1.807) is 32.9 Å². The predicted octanol–water partition coefficient (Wildman–Crippen LogP) is 0.172. The van der Waals surface area contributed by atoms with Gasteiger partial charge in [-0.25, -0.2) is 9.59 Å². The smallest absolute Gasteiger partial charge is 0.490 e. The summed E-state index contributed by atoms with van der Waals surface area (Å²) in [5.41, 5.74) is 21.3. The number of phenolic OH excluding ortho intramolecular Hbond substituents is 1. The van der Waals surface area contributed by atoms with Crippen LogP contribution in [0, 0.1) is 11.3 Å². The fourth-order valence-electron chi connectivity index (χ4n) is 6.35. The maximum atomic E-state index is 14.1. The van der Waals surface area contributed by atoms with Gasteiger partial charge in [0.2, 0.25) is 29.5 Å². The first-order valence-electron chi connectivity index (χ1n) is 20.6. The molecule has 0 saturated carbocycles. The zero-order valence-electron chi connectivity index (χ0n) is 36.7. The molecule has 21 nitrogen and oxygen atoms in total. The van der Waals surface area contributed by atoms with Crippen LogP contribution in [-0.4, -0.2) is 130 Å². The maximum Gasteiger partial charge on any atom is 0.490 e. The van der Waals surface area contributed by atoms with Crippen molar-refractivity contribution in [2.75, 3.05) is 19.6 Å². The summed E-state index contributed by atoms with van der Waals surface area (Å²) in [5.74, 6) is -7.07. The van der Waals surface area contributed by atoms with E-state index in [-0.39, 0.29) is 74.7 Å². The molecule has 64 heavy (non-hydrogen) atoms. The second-order valence-corrected chi connectivity index (χ2v) is 16.6. The van der Waals surface area contributed by atoms with E-state index >= 15 is 0 Å². The Hall–Kier alpha value is -6.36. The molecule has 0 bridgehead atoms. The fraction of sp³-hybridized carbons (Fsp3) is 0.625. The average molecular weight is 916 g/mol. The number of halogens is 3. The van der Waals surface area contributed by atoms with Gasteiger partial charge >= 0.3 is 18.1 Å². The molecule has 5 amide bonds. The molecule has 1 aromatic carbocycles. The lowest BCUT2D eigenvalue weighted by atomic mass is 9.85. The Morgan fingerprint density at radius 2 is 1.36 bits per heavy atom. The number of unbranched alkanes of at least 4 members (excludes halogenated alkanes) is 1. The van der Waals surface area contributed by atoms with Crippen molar-refractivity contribution < 1.29 is 62.1 Å². The number of carbonyl (C=O) groups is 7. The van der Waals surface area contributed by atoms with Gasteiger partial charge in [0.15, 0.2) is 11.9 Å². The number of aliphatic carboxylic acids is 2. The quantitative estimate of drug-likeness (QED) is 0.0420. The van der Waals surface area contributed by atoms with E-state index in [1.165, 1.54) is 17.0 Å². The number of nitrogens with zero attached hydrogens (tertiary/aromatic N) is 3. The lowest BCUT2D eigenvalue weighted by Gasteiger charge is -2.33. The monoisotopic (exact) mass is 915 g/mol. The average Bonchev–Trinajstić information content (AvgIpc) is 3.67. The van der Waals surface area contributed by atoms with Gasteiger partial charge in [0.1, 0.15) is 36.0 Å². The summed E-state index contributed by atoms with van der Waals surface area (Å²) >= 11 is 0. The van der Waals surface area contributed by atoms with Crippen molar-refractivity contribution in [2.45, 2.75) is 129 Å². The van der Waals surface area contributed by atoms with Crippen LogP contribution in [0.3, 0.4) is 0 Å². The van der Waals surface area contributed by atoms with Gasteiger partial charge in [0, 0.05) is 32.5 Å². The first kappa shape index (κ1) is 55.7. The molecule has 2 rings (SSSR count). The molecule has 5 atom stereocenters. The van der Waals surface area contributed by atoms with Gasteiger partial charge in [-0.15, -0.1) is 0 Å². The van der Waals surface area contributed by atoms with E-state index < -0.39 is 77.4 Å². The predicted molar refractivity (Wildman–Crippen MR) is 229 cm³/mol. The second-order valence-electron chi connectivity index (χ2n) is 16.6. The number of aliphatic imine (C=N–C) groups is 2. The highest BCUT2D eigenvalue weighted by Crippen LogP contribution is 2.23. The summed E-state index contributed by atoms with van der Waals surface area (Å²) in [7, 11) is 0. The van der Waals surface area contributed by atoms with Crippen LogP contribution < -0.4 is 44.2 Å². The van der Waals surface area contributed by atoms with Gasteiger partial charge < -0.3 is 64.4 Å². The molecule has 0 spiro atoms. The molecule has 1 aliphatic rings. The van der Waals surface area contributed by atoms with Crippen LogP contribution in [0.15, 0.2) is 34.3 Å². The van der Waals surface area contributed by atoms with Crippen molar-refractivity contribution in [1.82, 2.24) is 26.2 Å². The van der Waals surface area contributed by atoms with E-state index in [0.29, 0.717) is 37.8 Å². The van der Waals surface area contributed by atoms with Crippen molar-refractivity contribution in [2.24, 2.45) is 44.3 Å². The summed E-state index contributed by atoms with van der Waals surface area (Å²) < 4.78 is 31.7. The van der Waals surface area contributed by atoms with Gasteiger partial charge in [0.25, 0.3) is 0 Å². The molecule has 0 aliphatic carbocycles. The molecule has 0 radical (unpaired) electrons. The number of carboxylic acids is 2. The molecular weight excluding hydrogens is 852 g/mol. The molecule has 1 aliphatic heterocycles. The van der Waals surface area contributed by atoms with Crippen molar-refractivity contribution in [3.8, 4) is 5.75 Å². The summed E-state index contributed by atoms with van der Waals surface area (Å²) in [6.07, 6.45) is -2.55. The largest absolute Gasteiger partial charge is 0.508 e. The number of likely N-dealkylation sites (tertiary alicyclic amines) is 1. The van der Waals surface area contributed by atoms with E-state index in [9.17, 15) is 52.2 Å². The van der Waals surface area contributed by atoms with Crippen LogP contribution in [0.4, 0.5) is 13.2 Å². The number of rotatable bonds is 22. The van der Waals surface area contributed by atoms with Crippen molar-refractivity contribution in [1.29, 1.82) is 0 Å². The number of carbonyl (C=O) groups excluding carboxylic acids is 5. The molecule has 0 aromatic heterocycles. The molecule has 15 N–H and O–H groups in total. The molecule has 1 heterocycles. The second kappa shape index (κ2) is 26.3. The lowest BCUT2D eigenvalue weighted by molar-refractivity contribution is -0.192. The van der Waals surface area contributed by atoms with Crippen LogP contribution >= 0.6 is 0 Å². The first-order chi connectivity index (χ1) is 29.6. The first-order valence-corrected chi connectivity index (χ1v) is 20.6. The van der Waals surface area contributed by atoms with Crippen molar-refractivity contribution in [3.05, 3.63) is 29.8 Å². The number of carboxylic acid groups (broad SMARTS) is 2. The normalized spacial score (nSPS) is 15.5. The summed E-state index contributed by atoms with van der Waals surface area (Å²) in [5, 5.41) is 37.6. The van der Waals surface area contributed by atoms with E-state index in [1.807, 2.05) is 13.8 Å². The number of aromatic hydroxyl groups is 1. The number of guanidine groups is 2. The molecule has 360 valence electrons. The van der Waals surface area contributed by atoms with Gasteiger partial charge in [-0.05, 0) is 74.0 Å². The summed E-state index contributed by atoms with van der Waals surface area (Å²) in [4.78, 5) is 98.8. The minimum atomic E-state index is -5.08. The Kier molecular flexibility index (Phi) is 22.9. The Morgan fingerprint density at radius 1 is 0.797 bits per heavy atom. The zero-order valence-corrected chi connectivity index (χ0v) is 36.7. The third-order valence-corrected chi connectivity index (χ3v) is 9.51. The lowest BCUT2D eigenvalue weighted by Crippen LogP contribution is -2.61. The number of phenols is 1. The van der Waals surface area contributed by atoms with Crippen LogP contribution in [0.5, 0.6) is 5.75 Å². The molecule has 1 saturated heterocycles. The van der Waals surface area contributed by atoms with Crippen LogP contribution in [0.25, 0.3) is 0 Å². The van der Waals surface area contributed by atoms with Gasteiger partial charge in [0.05, 0.1) is 0 Å². The number of hydrogen-bond acceptors (Lipinski definition) is 10. The zero-order chi connectivity index (χ0) is 48.9. The van der Waals surface area contributed by atoms with E-state index in [4.69, 9.17) is 32.8 Å². The van der Waals surface area contributed by atoms with Crippen molar-refractivity contribution >= 4 is 53.4 Å². The van der Waals surface area contributed by atoms with Gasteiger partial charge in [-0.2, -0.15) is 13.2 Å². The van der Waals surface area contributed by atoms with Crippen LogP contribution in [-0.2, 0) is 40.0 Å². The summed E-state index contributed by atoms with van der Waals surface area (Å²) in [6, 6.07) is 0.414. The molecule has 1 aromatic rings. The number of amides is 5. The standard InChI is InChI=1S/C38H63N11O8.C2HF3O2/c1-22(2)20-27(35(56)57)47-33(54)30(38(3,4)5)48-31(52)26(21-23-13-15-24(50)16-14-23)46-32(53)28-11-9-19-49(28)34(55)25(10-8-18-44-37(41)42)45-29(51)12-6-7-17-43-36(39)40;3-2(4,5)1(6)7/h13-16,22,25-28,30,50H,6-12,17-21H2,1-5H3,(H,45,51)(H,46,53)(H,47,54)(H,48,52)(H,56,57)(H4,39,40,43)(H4,41,42,44);(H,6,7)/t25-,26-,27-,28-,30+;/m0./s1. The number of alkyl halides is 3. The maximum absolute atomic E-state index is 14.1. The van der Waals surface area contributed by atoms with Crippen molar-refractivity contribution in [3.63, 3.8) is 0 Å². The highest BCUT2D eigenvalue weighted by molar-refractivity contribution is 5.96. The summed E-state index contributed by atoms with van der Waals surface area (Å²) in [6.45, 7) is 9.57. The van der Waals surface area contributed by atoms with Crippen LogP contribution in [0.2, 0.25) is 0 Å². The minimum absolute atomic E-state index is 0.00589. The molecular formula is C40H64F3N11O10. The molecule has 0 unspecified atom stereocenters. The highest BCUT2D eigenvalue weighted by Gasteiger charge is 2.41. The number of nitrogens with one attached hydrogen (secondary N) is 4. The van der Waals surface area contributed by atoms with E-state index in [0.717, 1.165) is 0 Å². The Bertz CT molecular complexity index is 1800. The number of hydrogen-bond donors (Lipinski definition) is 11. The van der Waals surface area contributed by atoms with Gasteiger partial charge in [-0.1, -0.05) is 46.8 Å². The Morgan fingerprint density at radius 3 is 1.86 bits per heavy atom. The van der Waals surface area contributed by atoms with E-state index in [2.05, 4.69) is 31.3 Å². The van der Waals surface area contributed by atoms with Crippen LogP contribution in [0.1, 0.15) is 91.5 Å². The number of nitrogens with two attached hydrogens (primary N) is 4. The molecule has 24 heteroatoms. The third kappa shape index (κ3) is 21.1. The molecule has 1 fully saturated rings. The van der Waals surface area contributed by atoms with Gasteiger partial charge in [-0.3, -0.25) is 34.0 Å². The highest BCUT2D eigenvalue weighted by atomic mass is 19.4. The topological polar surface area (TPSA) is 360 Å². The number of benzene rings is 1. The Labute approximate surface area is 369 Å². The Balaban J connectivity index is 0.00000269.